The highest BCUT2D eigenvalue weighted by molar-refractivity contribution is 7.53. The Kier molecular flexibility index (Phi) is 7.88. The number of rotatable bonds is 10. The summed E-state index contributed by atoms with van der Waals surface area (Å²) in [6.45, 7) is 4.08. The number of nitrogens with two attached hydrogens (primary N) is 1. The molecule has 3 aliphatic rings. The number of allylic oxidation sites excluding steroid dienone is 1. The minimum atomic E-state index is -3.21. The second kappa shape index (κ2) is 10.9. The molecule has 1 atom stereocenters. The van der Waals surface area contributed by atoms with Crippen LogP contribution in [0.2, 0.25) is 0 Å². The first kappa shape index (κ1) is 24.7. The van der Waals surface area contributed by atoms with E-state index < -0.39 is 7.60 Å². The van der Waals surface area contributed by atoms with Gasteiger partial charge >= 0.3 is 13.6 Å². The normalized spacial score (nSPS) is 20.8. The molecule has 0 spiro atoms. The zero-order valence-corrected chi connectivity index (χ0v) is 20.6. The number of amides is 1. The molecule has 0 radical (unpaired) electrons. The fourth-order valence-electron chi connectivity index (χ4n) is 4.48. The minimum absolute atomic E-state index is 0.0273. The molecule has 0 bridgehead atoms. The van der Waals surface area contributed by atoms with Crippen LogP contribution < -0.4 is 20.7 Å². The number of nitrogen functional groups attached to an aromatic ring is 1. The van der Waals surface area contributed by atoms with Crippen molar-refractivity contribution in [2.75, 3.05) is 75.7 Å². The number of ether oxygens (including phenoxy) is 1. The van der Waals surface area contributed by atoms with Gasteiger partial charge in [0, 0.05) is 27.3 Å². The van der Waals surface area contributed by atoms with Crippen molar-refractivity contribution in [1.82, 2.24) is 14.9 Å². The van der Waals surface area contributed by atoms with E-state index in [9.17, 15) is 9.36 Å². The van der Waals surface area contributed by atoms with Crippen LogP contribution in [0.3, 0.4) is 0 Å². The molecule has 186 valence electrons. The van der Waals surface area contributed by atoms with Gasteiger partial charge in [-0.1, -0.05) is 18.2 Å². The number of anilines is 3. The number of hydrogen-bond acceptors (Lipinski definition) is 10. The van der Waals surface area contributed by atoms with Gasteiger partial charge < -0.3 is 29.7 Å². The Morgan fingerprint density at radius 2 is 2.00 bits per heavy atom. The van der Waals surface area contributed by atoms with Gasteiger partial charge in [0.15, 0.2) is 11.6 Å². The standard InChI is InChI=1S/C22H33N6O5P/c1-31-34(30,32-2)11-10-33-22-25-20(23)19-21(26-22)28(15-18(29)24-19)14-17-7-5-6-16(12-17)13-27-8-3-4-9-27/h5-6,12,17H,3-4,7-11,13-15H2,1-2H3,(H,24,29)(H2,23,25,26). The average molecular weight is 493 g/mol. The van der Waals surface area contributed by atoms with Gasteiger partial charge in [0.1, 0.15) is 12.3 Å². The first-order valence-electron chi connectivity index (χ1n) is 11.5. The van der Waals surface area contributed by atoms with Gasteiger partial charge in [-0.25, -0.2) is 0 Å². The molecule has 3 heterocycles. The highest BCUT2D eigenvalue weighted by Gasteiger charge is 2.29. The van der Waals surface area contributed by atoms with E-state index in [4.69, 9.17) is 19.5 Å². The number of nitrogens with zero attached hydrogens (tertiary/aromatic N) is 4. The first-order valence-corrected chi connectivity index (χ1v) is 13.3. The number of aromatic nitrogens is 2. The Hall–Kier alpha value is -2.46. The highest BCUT2D eigenvalue weighted by atomic mass is 31.2. The number of nitrogens with one attached hydrogen (secondary N) is 1. The van der Waals surface area contributed by atoms with E-state index in [-0.39, 0.29) is 43.0 Å². The Labute approximate surface area is 199 Å². The minimum Gasteiger partial charge on any atom is -0.463 e. The average Bonchev–Trinajstić information content (AvgIpc) is 3.33. The largest absolute Gasteiger partial charge is 0.463 e. The van der Waals surface area contributed by atoms with Crippen LogP contribution in [0.5, 0.6) is 6.01 Å². The third-order valence-corrected chi connectivity index (χ3v) is 8.07. The third-order valence-electron chi connectivity index (χ3n) is 6.23. The summed E-state index contributed by atoms with van der Waals surface area (Å²) in [7, 11) is -0.564. The second-order valence-electron chi connectivity index (χ2n) is 8.69. The number of carbonyl (C=O) groups excluding carboxylic acids is 1. The van der Waals surface area contributed by atoms with Crippen LogP contribution in [0.25, 0.3) is 0 Å². The van der Waals surface area contributed by atoms with Gasteiger partial charge in [0.05, 0.1) is 12.7 Å². The molecule has 1 aliphatic carbocycles. The monoisotopic (exact) mass is 492 g/mol. The summed E-state index contributed by atoms with van der Waals surface area (Å²) in [6, 6.07) is 0.0463. The molecule has 1 amide bonds. The maximum atomic E-state index is 12.4. The topological polar surface area (TPSA) is 132 Å². The van der Waals surface area contributed by atoms with E-state index >= 15 is 0 Å². The molecule has 0 saturated carbocycles. The molecule has 34 heavy (non-hydrogen) atoms. The Balaban J connectivity index is 1.47. The molecule has 2 aliphatic heterocycles. The van der Waals surface area contributed by atoms with Crippen LogP contribution in [0.1, 0.15) is 19.3 Å². The zero-order valence-electron chi connectivity index (χ0n) is 19.7. The zero-order chi connectivity index (χ0) is 24.1. The summed E-state index contributed by atoms with van der Waals surface area (Å²) in [5.74, 6) is 0.725. The molecular formula is C22H33N6O5P. The van der Waals surface area contributed by atoms with Crippen molar-refractivity contribution in [1.29, 1.82) is 0 Å². The summed E-state index contributed by atoms with van der Waals surface area (Å²) < 4.78 is 27.7. The Morgan fingerprint density at radius 1 is 1.24 bits per heavy atom. The van der Waals surface area contributed by atoms with Crippen molar-refractivity contribution in [2.45, 2.75) is 19.3 Å². The van der Waals surface area contributed by atoms with Gasteiger partial charge in [-0.15, -0.1) is 0 Å². The smallest absolute Gasteiger partial charge is 0.333 e. The molecule has 1 aromatic heterocycles. The van der Waals surface area contributed by atoms with Crippen LogP contribution >= 0.6 is 7.60 Å². The fraction of sp³-hybridized carbons (Fsp3) is 0.591. The lowest BCUT2D eigenvalue weighted by atomic mass is 9.95. The van der Waals surface area contributed by atoms with Gasteiger partial charge in [-0.2, -0.15) is 9.97 Å². The first-order chi connectivity index (χ1) is 16.4. The maximum Gasteiger partial charge on any atom is 0.333 e. The molecule has 0 aromatic carbocycles. The molecule has 3 N–H and O–H groups in total. The van der Waals surface area contributed by atoms with Crippen LogP contribution in [-0.4, -0.2) is 80.5 Å². The quantitative estimate of drug-likeness (QED) is 0.469. The van der Waals surface area contributed by atoms with Crippen molar-refractivity contribution in [3.05, 3.63) is 23.8 Å². The SMILES string of the molecule is COP(=O)(CCOc1nc(N)c2c(n1)N(CC1C=C(CN3CCCC3)C=CC1)CC(=O)N2)OC. The number of hydrogen-bond donors (Lipinski definition) is 2. The lowest BCUT2D eigenvalue weighted by Gasteiger charge is -2.33. The Morgan fingerprint density at radius 3 is 2.74 bits per heavy atom. The van der Waals surface area contributed by atoms with E-state index in [2.05, 4.69) is 38.4 Å². The molecule has 1 saturated heterocycles. The van der Waals surface area contributed by atoms with E-state index in [0.717, 1.165) is 26.1 Å². The van der Waals surface area contributed by atoms with Crippen LogP contribution in [0, 0.1) is 5.92 Å². The van der Waals surface area contributed by atoms with Gasteiger partial charge in [-0.05, 0) is 43.8 Å². The molecule has 4 rings (SSSR count). The van der Waals surface area contributed by atoms with Crippen molar-refractivity contribution < 1.29 is 23.1 Å². The van der Waals surface area contributed by atoms with Crippen LogP contribution in [0.15, 0.2) is 23.8 Å². The second-order valence-corrected chi connectivity index (χ2v) is 11.1. The van der Waals surface area contributed by atoms with E-state index in [1.807, 2.05) is 4.90 Å². The van der Waals surface area contributed by atoms with Gasteiger partial charge in [0.2, 0.25) is 5.91 Å². The number of likely N-dealkylation sites (tertiary alicyclic amines) is 1. The lowest BCUT2D eigenvalue weighted by Crippen LogP contribution is -2.42. The summed E-state index contributed by atoms with van der Waals surface area (Å²) in [4.78, 5) is 25.4. The predicted octanol–water partition coefficient (Wildman–Crippen LogP) is 2.28. The fourth-order valence-corrected chi connectivity index (χ4v) is 5.31. The van der Waals surface area contributed by atoms with Crippen molar-refractivity contribution in [3.63, 3.8) is 0 Å². The van der Waals surface area contributed by atoms with Crippen molar-refractivity contribution in [2.24, 2.45) is 5.92 Å². The summed E-state index contributed by atoms with van der Waals surface area (Å²) in [6.07, 6.45) is 10.2. The third kappa shape index (κ3) is 5.96. The summed E-state index contributed by atoms with van der Waals surface area (Å²) in [5, 5.41) is 2.77. The molecule has 1 unspecified atom stereocenters. The predicted molar refractivity (Wildman–Crippen MR) is 130 cm³/mol. The summed E-state index contributed by atoms with van der Waals surface area (Å²) >= 11 is 0. The highest BCUT2D eigenvalue weighted by Crippen LogP contribution is 2.45. The van der Waals surface area contributed by atoms with E-state index in [0.29, 0.717) is 18.1 Å². The Bertz CT molecular complexity index is 1000. The van der Waals surface area contributed by atoms with Gasteiger partial charge in [-0.3, -0.25) is 14.3 Å². The number of fused-ring (bicyclic) bond motifs is 1. The lowest BCUT2D eigenvalue weighted by molar-refractivity contribution is -0.115. The van der Waals surface area contributed by atoms with Crippen LogP contribution in [0.4, 0.5) is 17.3 Å². The molecule has 1 aromatic rings. The van der Waals surface area contributed by atoms with Gasteiger partial charge in [0.25, 0.3) is 0 Å². The number of carbonyl (C=O) groups is 1. The molecule has 1 fully saturated rings. The molecular weight excluding hydrogens is 459 g/mol. The van der Waals surface area contributed by atoms with E-state index in [1.165, 1.54) is 32.6 Å². The molecule has 12 heteroatoms. The maximum absolute atomic E-state index is 12.4. The summed E-state index contributed by atoms with van der Waals surface area (Å²) in [5.41, 5.74) is 7.81. The van der Waals surface area contributed by atoms with Crippen LogP contribution in [-0.2, 0) is 18.4 Å². The van der Waals surface area contributed by atoms with Crippen molar-refractivity contribution in [3.8, 4) is 6.01 Å². The van der Waals surface area contributed by atoms with E-state index in [1.54, 1.807) is 0 Å². The molecule has 11 nitrogen and oxygen atoms in total. The van der Waals surface area contributed by atoms with Crippen molar-refractivity contribution >= 4 is 30.8 Å².